The van der Waals surface area contributed by atoms with E-state index >= 15 is 0 Å². The predicted molar refractivity (Wildman–Crippen MR) is 221 cm³/mol. The molecule has 0 aliphatic carbocycles. The molecule has 0 spiro atoms. The van der Waals surface area contributed by atoms with E-state index in [-0.39, 0.29) is 12.5 Å². The van der Waals surface area contributed by atoms with Crippen molar-refractivity contribution in [1.82, 2.24) is 5.32 Å². The van der Waals surface area contributed by atoms with E-state index in [4.69, 9.17) is 0 Å². The van der Waals surface area contributed by atoms with Crippen molar-refractivity contribution in [2.45, 2.75) is 283 Å². The van der Waals surface area contributed by atoms with Crippen LogP contribution in [0.15, 0.2) is 0 Å². The van der Waals surface area contributed by atoms with Gasteiger partial charge < -0.3 is 15.5 Å². The van der Waals surface area contributed by atoms with Gasteiger partial charge in [0.15, 0.2) is 0 Å². The molecule has 0 saturated carbocycles. The van der Waals surface area contributed by atoms with Crippen LogP contribution in [-0.2, 0) is 4.79 Å². The van der Waals surface area contributed by atoms with Gasteiger partial charge in [0.25, 0.3) is 0 Å². The van der Waals surface area contributed by atoms with Crippen LogP contribution in [0.1, 0.15) is 271 Å². The highest BCUT2D eigenvalue weighted by atomic mass is 16.3. The summed E-state index contributed by atoms with van der Waals surface area (Å²) in [5.41, 5.74) is 0. The van der Waals surface area contributed by atoms with E-state index in [0.29, 0.717) is 12.8 Å². The van der Waals surface area contributed by atoms with Crippen molar-refractivity contribution < 1.29 is 15.0 Å². The van der Waals surface area contributed by atoms with Gasteiger partial charge in [-0.05, 0) is 12.8 Å². The zero-order valence-corrected chi connectivity index (χ0v) is 34.4. The van der Waals surface area contributed by atoms with Gasteiger partial charge in [-0.15, -0.1) is 0 Å². The van der Waals surface area contributed by atoms with Crippen LogP contribution < -0.4 is 5.32 Å². The maximum absolute atomic E-state index is 12.4. The lowest BCUT2D eigenvalue weighted by Crippen LogP contribution is -2.45. The van der Waals surface area contributed by atoms with Crippen LogP contribution in [0.4, 0.5) is 0 Å². The van der Waals surface area contributed by atoms with E-state index in [0.717, 1.165) is 25.7 Å². The molecule has 1 amide bonds. The van der Waals surface area contributed by atoms with E-state index in [1.165, 1.54) is 218 Å². The van der Waals surface area contributed by atoms with Crippen molar-refractivity contribution in [1.29, 1.82) is 0 Å². The average molecular weight is 708 g/mol. The smallest absolute Gasteiger partial charge is 0.220 e. The zero-order chi connectivity index (χ0) is 36.4. The molecular formula is C46H93NO3. The zero-order valence-electron chi connectivity index (χ0n) is 34.4. The molecule has 4 nitrogen and oxygen atoms in total. The number of aliphatic hydroxyl groups is 2. The molecule has 2 unspecified atom stereocenters. The first-order chi connectivity index (χ1) is 24.7. The molecular weight excluding hydrogens is 615 g/mol. The number of hydrogen-bond donors (Lipinski definition) is 3. The van der Waals surface area contributed by atoms with Crippen molar-refractivity contribution in [3.05, 3.63) is 0 Å². The largest absolute Gasteiger partial charge is 0.394 e. The molecule has 4 heteroatoms. The minimum Gasteiger partial charge on any atom is -0.394 e. The van der Waals surface area contributed by atoms with Gasteiger partial charge in [0.2, 0.25) is 5.91 Å². The first-order valence-corrected chi connectivity index (χ1v) is 23.2. The van der Waals surface area contributed by atoms with Crippen LogP contribution in [0.2, 0.25) is 0 Å². The van der Waals surface area contributed by atoms with Crippen LogP contribution in [-0.4, -0.2) is 34.9 Å². The van der Waals surface area contributed by atoms with Gasteiger partial charge in [-0.25, -0.2) is 0 Å². The fourth-order valence-electron chi connectivity index (χ4n) is 7.54. The normalized spacial score (nSPS) is 12.8. The molecule has 0 heterocycles. The Balaban J connectivity index is 3.34. The van der Waals surface area contributed by atoms with Gasteiger partial charge in [-0.3, -0.25) is 4.79 Å². The van der Waals surface area contributed by atoms with Gasteiger partial charge in [0.1, 0.15) is 0 Å². The van der Waals surface area contributed by atoms with Gasteiger partial charge in [-0.2, -0.15) is 0 Å². The van der Waals surface area contributed by atoms with Gasteiger partial charge in [0, 0.05) is 6.42 Å². The Bertz CT molecular complexity index is 641. The standard InChI is InChI=1S/C46H93NO3/c1-3-5-7-9-11-13-14-15-16-17-18-19-20-21-22-23-24-25-26-27-28-29-30-31-32-34-36-38-40-42-46(50)47-44(43-48)45(49)41-39-37-35-33-12-10-8-6-4-2/h44-45,48-49H,3-43H2,1-2H3,(H,47,50). The Kier molecular flexibility index (Phi) is 42.3. The molecule has 3 N–H and O–H groups in total. The van der Waals surface area contributed by atoms with E-state index in [2.05, 4.69) is 19.2 Å². The third-order valence-electron chi connectivity index (χ3n) is 11.1. The summed E-state index contributed by atoms with van der Waals surface area (Å²) in [6.07, 6.45) is 52.1. The van der Waals surface area contributed by atoms with E-state index in [1.54, 1.807) is 0 Å². The summed E-state index contributed by atoms with van der Waals surface area (Å²) in [6, 6.07) is -0.528. The first kappa shape index (κ1) is 49.4. The summed E-state index contributed by atoms with van der Waals surface area (Å²) in [4.78, 5) is 12.4. The van der Waals surface area contributed by atoms with Crippen molar-refractivity contribution in [3.8, 4) is 0 Å². The number of amides is 1. The third kappa shape index (κ3) is 38.6. The molecule has 0 aromatic rings. The average Bonchev–Trinajstić information content (AvgIpc) is 3.12. The number of carbonyl (C=O) groups excluding carboxylic acids is 1. The van der Waals surface area contributed by atoms with Crippen molar-refractivity contribution in [3.63, 3.8) is 0 Å². The monoisotopic (exact) mass is 708 g/mol. The van der Waals surface area contributed by atoms with Gasteiger partial charge in [-0.1, -0.05) is 251 Å². The summed E-state index contributed by atoms with van der Waals surface area (Å²) in [5, 5.41) is 23.0. The van der Waals surface area contributed by atoms with E-state index in [1.807, 2.05) is 0 Å². The molecule has 0 aliphatic rings. The number of rotatable bonds is 43. The van der Waals surface area contributed by atoms with Crippen LogP contribution in [0.5, 0.6) is 0 Å². The molecule has 0 saturated heterocycles. The van der Waals surface area contributed by atoms with Crippen LogP contribution in [0.3, 0.4) is 0 Å². The Hall–Kier alpha value is -0.610. The maximum atomic E-state index is 12.4. The number of unbranched alkanes of at least 4 members (excludes halogenated alkanes) is 36. The highest BCUT2D eigenvalue weighted by molar-refractivity contribution is 5.76. The van der Waals surface area contributed by atoms with Crippen molar-refractivity contribution in [2.75, 3.05) is 6.61 Å². The quantitative estimate of drug-likeness (QED) is 0.0553. The fourth-order valence-corrected chi connectivity index (χ4v) is 7.54. The number of carbonyl (C=O) groups is 1. The molecule has 2 atom stereocenters. The number of hydrogen-bond acceptors (Lipinski definition) is 3. The number of nitrogens with one attached hydrogen (secondary N) is 1. The summed E-state index contributed by atoms with van der Waals surface area (Å²) in [6.45, 7) is 4.36. The Morgan fingerprint density at radius 3 is 0.900 bits per heavy atom. The number of aliphatic hydroxyl groups excluding tert-OH is 2. The lowest BCUT2D eigenvalue weighted by molar-refractivity contribution is -0.123. The van der Waals surface area contributed by atoms with E-state index < -0.39 is 12.1 Å². The molecule has 0 bridgehead atoms. The minimum absolute atomic E-state index is 0.0276. The van der Waals surface area contributed by atoms with Crippen molar-refractivity contribution in [2.24, 2.45) is 0 Å². The lowest BCUT2D eigenvalue weighted by atomic mass is 10.0. The highest BCUT2D eigenvalue weighted by Gasteiger charge is 2.20. The molecule has 0 fully saturated rings. The molecule has 0 aromatic carbocycles. The van der Waals surface area contributed by atoms with E-state index in [9.17, 15) is 15.0 Å². The third-order valence-corrected chi connectivity index (χ3v) is 11.1. The molecule has 0 rings (SSSR count). The summed E-state index contributed by atoms with van der Waals surface area (Å²) < 4.78 is 0. The molecule has 50 heavy (non-hydrogen) atoms. The maximum Gasteiger partial charge on any atom is 0.220 e. The molecule has 0 aromatic heterocycles. The van der Waals surface area contributed by atoms with Gasteiger partial charge in [0.05, 0.1) is 18.8 Å². The van der Waals surface area contributed by atoms with Crippen LogP contribution in [0, 0.1) is 0 Å². The Labute approximate surface area is 314 Å². The van der Waals surface area contributed by atoms with Crippen molar-refractivity contribution >= 4 is 5.91 Å². The Morgan fingerprint density at radius 1 is 0.400 bits per heavy atom. The SMILES string of the molecule is CCCCCCCCCCCCCCCCCCCCCCCCCCCCCCCC(=O)NC(CO)C(O)CCCCCCCCCCC. The molecule has 0 radical (unpaired) electrons. The van der Waals surface area contributed by atoms with Crippen LogP contribution >= 0.6 is 0 Å². The fraction of sp³-hybridized carbons (Fsp3) is 0.978. The lowest BCUT2D eigenvalue weighted by Gasteiger charge is -2.22. The first-order valence-electron chi connectivity index (χ1n) is 23.2. The second-order valence-electron chi connectivity index (χ2n) is 16.2. The Morgan fingerprint density at radius 2 is 0.640 bits per heavy atom. The predicted octanol–water partition coefficient (Wildman–Crippen LogP) is 14.5. The topological polar surface area (TPSA) is 69.6 Å². The van der Waals surface area contributed by atoms with Gasteiger partial charge >= 0.3 is 0 Å². The van der Waals surface area contributed by atoms with Crippen LogP contribution in [0.25, 0.3) is 0 Å². The molecule has 300 valence electrons. The minimum atomic E-state index is -0.651. The summed E-state index contributed by atoms with van der Waals surface area (Å²) in [7, 11) is 0. The second-order valence-corrected chi connectivity index (χ2v) is 16.2. The second kappa shape index (κ2) is 42.8. The summed E-state index contributed by atoms with van der Waals surface area (Å²) in [5.74, 6) is -0.0276. The summed E-state index contributed by atoms with van der Waals surface area (Å²) >= 11 is 0. The highest BCUT2D eigenvalue weighted by Crippen LogP contribution is 2.17. The molecule has 0 aliphatic heterocycles.